The molecule has 4 heterocycles. The van der Waals surface area contributed by atoms with E-state index >= 15 is 0 Å². The van der Waals surface area contributed by atoms with E-state index in [0.29, 0.717) is 0 Å². The maximum absolute atomic E-state index is 6.53. The van der Waals surface area contributed by atoms with Gasteiger partial charge >= 0.3 is 0 Å². The summed E-state index contributed by atoms with van der Waals surface area (Å²) >= 11 is 0. The van der Waals surface area contributed by atoms with Crippen LogP contribution in [0.4, 0.5) is 0 Å². The number of aromatic nitrogens is 3. The molecule has 0 saturated heterocycles. The second-order valence-electron chi connectivity index (χ2n) is 10.4. The van der Waals surface area contributed by atoms with E-state index in [4.69, 9.17) is 4.42 Å². The van der Waals surface area contributed by atoms with Crippen LogP contribution in [0.3, 0.4) is 0 Å². The van der Waals surface area contributed by atoms with Gasteiger partial charge in [-0.25, -0.2) is 0 Å². The molecule has 0 aliphatic heterocycles. The maximum atomic E-state index is 6.53. The van der Waals surface area contributed by atoms with Crippen LogP contribution in [0.1, 0.15) is 0 Å². The van der Waals surface area contributed by atoms with Crippen LogP contribution < -0.4 is 0 Å². The van der Waals surface area contributed by atoms with Crippen molar-refractivity contribution in [2.45, 2.75) is 0 Å². The molecule has 0 bridgehead atoms. The smallest absolute Gasteiger partial charge is 0.148 e. The van der Waals surface area contributed by atoms with Crippen molar-refractivity contribution in [3.05, 3.63) is 140 Å². The van der Waals surface area contributed by atoms with E-state index in [9.17, 15) is 0 Å². The number of hydrogen-bond donors (Lipinski definition) is 0. The summed E-state index contributed by atoms with van der Waals surface area (Å²) in [4.78, 5) is 0. The third-order valence-electron chi connectivity index (χ3n) is 8.11. The quantitative estimate of drug-likeness (QED) is 0.171. The van der Waals surface area contributed by atoms with Gasteiger partial charge in [-0.05, 0) is 70.6 Å². The number of hydrogen-bond acceptors (Lipinski definition) is 2. The summed E-state index contributed by atoms with van der Waals surface area (Å²) in [6.45, 7) is 0. The molecule has 0 amide bonds. The summed E-state index contributed by atoms with van der Waals surface area (Å²) in [6, 6.07) is 48.1. The number of para-hydroxylation sites is 3. The summed E-state index contributed by atoms with van der Waals surface area (Å²) in [5.41, 5.74) is 9.65. The van der Waals surface area contributed by atoms with Gasteiger partial charge in [0, 0.05) is 42.1 Å². The zero-order valence-electron chi connectivity index (χ0n) is 22.3. The minimum absolute atomic E-state index is 0. The molecule has 0 aliphatic carbocycles. The summed E-state index contributed by atoms with van der Waals surface area (Å²) in [7, 11) is 0. The molecule has 0 unspecified atom stereocenters. The van der Waals surface area contributed by atoms with Crippen molar-refractivity contribution in [1.82, 2.24) is 14.2 Å². The van der Waals surface area contributed by atoms with Crippen LogP contribution in [0.2, 0.25) is 0 Å². The fourth-order valence-electron chi connectivity index (χ4n) is 6.26. The van der Waals surface area contributed by atoms with Crippen LogP contribution in [0.5, 0.6) is 0 Å². The summed E-state index contributed by atoms with van der Waals surface area (Å²) < 4.78 is 10.8. The first-order chi connectivity index (χ1) is 20.3. The zero-order valence-corrected chi connectivity index (χ0v) is 24.7. The minimum Gasteiger partial charge on any atom is -0.455 e. The molecule has 5 heteroatoms. The van der Waals surface area contributed by atoms with E-state index in [0.717, 1.165) is 50.0 Å². The Hall–Kier alpha value is -4.96. The largest absolute Gasteiger partial charge is 0.455 e. The van der Waals surface area contributed by atoms with Gasteiger partial charge in [0.2, 0.25) is 0 Å². The Kier molecular flexibility index (Phi) is 5.64. The molecular formula is C37H22IrN3O-. The molecule has 0 N–H and O–H groups in total. The number of pyridine rings is 1. The van der Waals surface area contributed by atoms with Gasteiger partial charge in [-0.2, -0.15) is 29.4 Å². The molecule has 0 saturated carbocycles. The third-order valence-corrected chi connectivity index (χ3v) is 8.11. The molecule has 0 fully saturated rings. The van der Waals surface area contributed by atoms with E-state index < -0.39 is 0 Å². The van der Waals surface area contributed by atoms with Crippen molar-refractivity contribution < 1.29 is 24.5 Å². The molecule has 0 aliphatic rings. The number of furan rings is 1. The molecule has 0 spiro atoms. The van der Waals surface area contributed by atoms with Gasteiger partial charge < -0.3 is 8.98 Å². The van der Waals surface area contributed by atoms with Crippen molar-refractivity contribution in [3.63, 3.8) is 0 Å². The Morgan fingerprint density at radius 3 is 2.29 bits per heavy atom. The number of rotatable bonds is 3. The molecule has 201 valence electrons. The van der Waals surface area contributed by atoms with Crippen LogP contribution in [0.25, 0.3) is 77.3 Å². The molecule has 9 rings (SSSR count). The Morgan fingerprint density at radius 2 is 1.36 bits per heavy atom. The van der Waals surface area contributed by atoms with Crippen LogP contribution in [-0.2, 0) is 20.1 Å². The predicted molar refractivity (Wildman–Crippen MR) is 167 cm³/mol. The van der Waals surface area contributed by atoms with E-state index in [1.807, 2.05) is 28.9 Å². The fourth-order valence-corrected chi connectivity index (χ4v) is 6.26. The molecule has 5 aromatic carbocycles. The van der Waals surface area contributed by atoms with Crippen molar-refractivity contribution in [2.24, 2.45) is 0 Å². The maximum Gasteiger partial charge on any atom is 0.148 e. The van der Waals surface area contributed by atoms with Gasteiger partial charge in [0.05, 0.1) is 17.2 Å². The normalized spacial score (nSPS) is 11.6. The van der Waals surface area contributed by atoms with Gasteiger partial charge in [0.15, 0.2) is 0 Å². The average Bonchev–Trinajstić information content (AvgIpc) is 3.78. The molecule has 1 radical (unpaired) electrons. The summed E-state index contributed by atoms with van der Waals surface area (Å²) in [6.07, 6.45) is 1.81. The Balaban J connectivity index is 0.00000267. The topological polar surface area (TPSA) is 35.4 Å². The van der Waals surface area contributed by atoms with Crippen molar-refractivity contribution >= 4 is 49.2 Å². The molecule has 4 nitrogen and oxygen atoms in total. The van der Waals surface area contributed by atoms with Gasteiger partial charge in [0.25, 0.3) is 0 Å². The molecule has 9 aromatic rings. The molecular weight excluding hydrogens is 695 g/mol. The number of nitrogens with zero attached hydrogens (tertiary/aromatic N) is 3. The first-order valence-electron chi connectivity index (χ1n) is 13.7. The van der Waals surface area contributed by atoms with Crippen LogP contribution in [-0.4, -0.2) is 14.2 Å². The first kappa shape index (κ1) is 24.8. The van der Waals surface area contributed by atoms with Crippen LogP contribution in [0.15, 0.2) is 138 Å². The number of benzene rings is 5. The Morgan fingerprint density at radius 1 is 0.571 bits per heavy atom. The second-order valence-corrected chi connectivity index (χ2v) is 10.4. The van der Waals surface area contributed by atoms with Crippen LogP contribution >= 0.6 is 0 Å². The predicted octanol–water partition coefficient (Wildman–Crippen LogP) is 9.46. The van der Waals surface area contributed by atoms with Gasteiger partial charge in [-0.3, -0.25) is 4.52 Å². The second kappa shape index (κ2) is 9.56. The van der Waals surface area contributed by atoms with E-state index in [1.54, 1.807) is 0 Å². The monoisotopic (exact) mass is 717 g/mol. The zero-order chi connectivity index (χ0) is 26.9. The molecule has 42 heavy (non-hydrogen) atoms. The Bertz CT molecular complexity index is 2430. The SMILES string of the molecule is [Ir].[c-]1cccc2c3cc(-c4cccc(-c5ccc6c(c5)c5ccccc5n6-c5ccccc5)c4)oc3c3ccnn3c12. The van der Waals surface area contributed by atoms with E-state index in [1.165, 1.54) is 27.4 Å². The van der Waals surface area contributed by atoms with Crippen molar-refractivity contribution in [3.8, 4) is 28.1 Å². The fraction of sp³-hybridized carbons (Fsp3) is 0. The van der Waals surface area contributed by atoms with E-state index in [2.05, 4.69) is 125 Å². The van der Waals surface area contributed by atoms with Crippen molar-refractivity contribution in [1.29, 1.82) is 0 Å². The summed E-state index contributed by atoms with van der Waals surface area (Å²) in [5.74, 6) is 0.836. The van der Waals surface area contributed by atoms with Crippen LogP contribution in [0, 0.1) is 6.07 Å². The third kappa shape index (κ3) is 3.61. The summed E-state index contributed by atoms with van der Waals surface area (Å²) in [5, 5.41) is 9.15. The van der Waals surface area contributed by atoms with E-state index in [-0.39, 0.29) is 20.1 Å². The van der Waals surface area contributed by atoms with Crippen molar-refractivity contribution in [2.75, 3.05) is 0 Å². The average molecular weight is 717 g/mol. The Labute approximate surface area is 254 Å². The first-order valence-corrected chi connectivity index (χ1v) is 13.7. The number of fused-ring (bicyclic) bond motifs is 9. The minimum atomic E-state index is 0. The molecule has 0 atom stereocenters. The van der Waals surface area contributed by atoms with Gasteiger partial charge in [0.1, 0.15) is 16.9 Å². The standard InChI is InChI=1S/C37H22N3O.Ir/c1-2-11-27(12-3-1)39-32-15-6-4-13-28(32)30-22-25(17-18-33(30)39)24-9-8-10-26(21-24)36-23-31-29-14-5-7-16-34(29)40-35(19-20-38-40)37(31)41-36;/h1-15,17-23H;/q-1;. The van der Waals surface area contributed by atoms with Gasteiger partial charge in [-0.15, -0.1) is 0 Å². The van der Waals surface area contributed by atoms with Gasteiger partial charge in [-0.1, -0.05) is 66.0 Å². The molecule has 4 aromatic heterocycles.